The first-order valence-electron chi connectivity index (χ1n) is 9.22. The smallest absolute Gasteiger partial charge is 0.361 e. The maximum absolute atomic E-state index is 13.6. The molecule has 9 heteroatoms. The van der Waals surface area contributed by atoms with E-state index in [1.807, 2.05) is 0 Å². The number of morpholine rings is 1. The van der Waals surface area contributed by atoms with Gasteiger partial charge in [-0.15, -0.1) is 0 Å². The van der Waals surface area contributed by atoms with Crippen molar-refractivity contribution >= 4 is 17.5 Å². The molecule has 0 aromatic heterocycles. The van der Waals surface area contributed by atoms with E-state index >= 15 is 0 Å². The van der Waals surface area contributed by atoms with Gasteiger partial charge in [-0.1, -0.05) is 6.07 Å². The lowest BCUT2D eigenvalue weighted by Gasteiger charge is -2.48. The highest BCUT2D eigenvalue weighted by molar-refractivity contribution is 5.95. The highest BCUT2D eigenvalue weighted by Crippen LogP contribution is 2.59. The van der Waals surface area contributed by atoms with E-state index in [1.54, 1.807) is 6.07 Å². The Labute approximate surface area is 159 Å². The minimum absolute atomic E-state index is 0.0112. The summed E-state index contributed by atoms with van der Waals surface area (Å²) in [6.07, 6.45) is -3.95. The largest absolute Gasteiger partial charge is 0.403 e. The molecular formula is C19H20F4N2O3. The first-order valence-corrected chi connectivity index (χ1v) is 9.22. The zero-order valence-electron chi connectivity index (χ0n) is 15.1. The number of nitrogens with zero attached hydrogens (tertiary/aromatic N) is 2. The zero-order valence-corrected chi connectivity index (χ0v) is 15.1. The summed E-state index contributed by atoms with van der Waals surface area (Å²) in [7, 11) is 0. The molecule has 0 radical (unpaired) electrons. The van der Waals surface area contributed by atoms with Gasteiger partial charge in [0.15, 0.2) is 0 Å². The summed E-state index contributed by atoms with van der Waals surface area (Å²) >= 11 is 0. The fraction of sp³-hybridized carbons (Fsp3) is 0.579. The SMILES string of the molecule is O=C1COC2(CCCN(C(=O)C3(C(F)(F)F)CC3)C2)CN1c1cccc(F)c1. The second-order valence-electron chi connectivity index (χ2n) is 7.84. The number of benzene rings is 1. The summed E-state index contributed by atoms with van der Waals surface area (Å²) in [6, 6.07) is 5.56. The Bertz CT molecular complexity index is 809. The number of carbonyl (C=O) groups excluding carboxylic acids is 2. The number of hydrogen-bond donors (Lipinski definition) is 0. The molecule has 0 bridgehead atoms. The molecule has 4 rings (SSSR count). The van der Waals surface area contributed by atoms with Gasteiger partial charge in [-0.05, 0) is 43.9 Å². The Morgan fingerprint density at radius 3 is 2.54 bits per heavy atom. The van der Waals surface area contributed by atoms with Gasteiger partial charge >= 0.3 is 6.18 Å². The Kier molecular flexibility index (Phi) is 4.41. The van der Waals surface area contributed by atoms with Crippen molar-refractivity contribution < 1.29 is 31.9 Å². The second-order valence-corrected chi connectivity index (χ2v) is 7.84. The third-order valence-electron chi connectivity index (χ3n) is 5.90. The zero-order chi connectivity index (χ0) is 20.2. The molecular weight excluding hydrogens is 380 g/mol. The summed E-state index contributed by atoms with van der Waals surface area (Å²) in [4.78, 5) is 27.5. The van der Waals surface area contributed by atoms with Gasteiger partial charge in [0.1, 0.15) is 23.4 Å². The van der Waals surface area contributed by atoms with Gasteiger partial charge in [0.05, 0.1) is 13.1 Å². The lowest BCUT2D eigenvalue weighted by atomic mass is 9.89. The van der Waals surface area contributed by atoms with Gasteiger partial charge in [0.25, 0.3) is 5.91 Å². The van der Waals surface area contributed by atoms with Crippen LogP contribution in [-0.2, 0) is 14.3 Å². The molecule has 1 aromatic carbocycles. The highest BCUT2D eigenvalue weighted by atomic mass is 19.4. The summed E-state index contributed by atoms with van der Waals surface area (Å²) in [6.45, 7) is 0.0273. The number of likely N-dealkylation sites (tertiary alicyclic amines) is 1. The van der Waals surface area contributed by atoms with Crippen molar-refractivity contribution in [1.82, 2.24) is 4.90 Å². The molecule has 1 saturated carbocycles. The number of amides is 2. The molecule has 1 unspecified atom stereocenters. The van der Waals surface area contributed by atoms with E-state index < -0.39 is 28.9 Å². The fourth-order valence-corrected chi connectivity index (χ4v) is 4.16. The molecule has 1 aliphatic carbocycles. The van der Waals surface area contributed by atoms with E-state index in [-0.39, 0.29) is 45.0 Å². The van der Waals surface area contributed by atoms with E-state index in [2.05, 4.69) is 0 Å². The van der Waals surface area contributed by atoms with Crippen LogP contribution in [-0.4, -0.2) is 54.7 Å². The Hall–Kier alpha value is -2.16. The van der Waals surface area contributed by atoms with Crippen LogP contribution in [0.25, 0.3) is 0 Å². The minimum atomic E-state index is -4.56. The van der Waals surface area contributed by atoms with Crippen molar-refractivity contribution in [3.63, 3.8) is 0 Å². The normalized spacial score (nSPS) is 27.2. The molecule has 5 nitrogen and oxygen atoms in total. The molecule has 1 aromatic rings. The van der Waals surface area contributed by atoms with Crippen molar-refractivity contribution in [2.24, 2.45) is 5.41 Å². The summed E-state index contributed by atoms with van der Waals surface area (Å²) < 4.78 is 59.3. The van der Waals surface area contributed by atoms with Crippen LogP contribution in [0.2, 0.25) is 0 Å². The van der Waals surface area contributed by atoms with Crippen LogP contribution in [0.1, 0.15) is 25.7 Å². The minimum Gasteiger partial charge on any atom is -0.361 e. The van der Waals surface area contributed by atoms with Crippen LogP contribution in [0.15, 0.2) is 24.3 Å². The first-order chi connectivity index (χ1) is 13.2. The highest BCUT2D eigenvalue weighted by Gasteiger charge is 2.69. The standard InChI is InChI=1S/C19H20F4N2O3/c20-13-3-1-4-14(9-13)25-12-17(28-10-15(25)26)5-2-8-24(11-17)16(27)18(6-7-18)19(21,22)23/h1,3-4,9H,2,5-8,10-12H2. The van der Waals surface area contributed by atoms with Crippen molar-refractivity contribution in [3.05, 3.63) is 30.1 Å². The second kappa shape index (κ2) is 6.43. The molecule has 152 valence electrons. The van der Waals surface area contributed by atoms with E-state index in [0.29, 0.717) is 18.5 Å². The van der Waals surface area contributed by atoms with Crippen molar-refractivity contribution in [3.8, 4) is 0 Å². The van der Waals surface area contributed by atoms with Gasteiger partial charge in [0.2, 0.25) is 5.91 Å². The topological polar surface area (TPSA) is 49.9 Å². The van der Waals surface area contributed by atoms with Crippen LogP contribution >= 0.6 is 0 Å². The maximum atomic E-state index is 13.6. The fourth-order valence-electron chi connectivity index (χ4n) is 4.16. The van der Waals surface area contributed by atoms with Gasteiger partial charge in [-0.3, -0.25) is 9.59 Å². The quantitative estimate of drug-likeness (QED) is 0.718. The van der Waals surface area contributed by atoms with Crippen LogP contribution < -0.4 is 4.90 Å². The first kappa shape index (κ1) is 19.2. The van der Waals surface area contributed by atoms with Gasteiger partial charge in [-0.2, -0.15) is 13.2 Å². The average Bonchev–Trinajstić information content (AvgIpc) is 3.45. The lowest BCUT2D eigenvalue weighted by molar-refractivity contribution is -0.202. The third kappa shape index (κ3) is 3.15. The Morgan fingerprint density at radius 2 is 1.89 bits per heavy atom. The molecule has 2 heterocycles. The Morgan fingerprint density at radius 1 is 1.14 bits per heavy atom. The number of piperidine rings is 1. The van der Waals surface area contributed by atoms with Gasteiger partial charge < -0.3 is 14.5 Å². The van der Waals surface area contributed by atoms with Crippen molar-refractivity contribution in [1.29, 1.82) is 0 Å². The summed E-state index contributed by atoms with van der Waals surface area (Å²) in [5, 5.41) is 0. The molecule has 2 saturated heterocycles. The molecule has 3 aliphatic rings. The molecule has 2 aliphatic heterocycles. The van der Waals surface area contributed by atoms with Crippen LogP contribution in [0.3, 0.4) is 0 Å². The number of halogens is 4. The average molecular weight is 400 g/mol. The number of anilines is 1. The predicted molar refractivity (Wildman–Crippen MR) is 91.0 cm³/mol. The molecule has 1 spiro atoms. The molecule has 3 fully saturated rings. The summed E-state index contributed by atoms with van der Waals surface area (Å²) in [5.74, 6) is -1.75. The van der Waals surface area contributed by atoms with E-state index in [0.717, 1.165) is 0 Å². The van der Waals surface area contributed by atoms with Crippen molar-refractivity contribution in [2.75, 3.05) is 31.1 Å². The van der Waals surface area contributed by atoms with Crippen LogP contribution in [0.5, 0.6) is 0 Å². The van der Waals surface area contributed by atoms with Crippen molar-refractivity contribution in [2.45, 2.75) is 37.5 Å². The Balaban J connectivity index is 1.55. The number of rotatable bonds is 2. The van der Waals surface area contributed by atoms with Gasteiger partial charge in [-0.25, -0.2) is 4.39 Å². The molecule has 28 heavy (non-hydrogen) atoms. The van der Waals surface area contributed by atoms with E-state index in [1.165, 1.54) is 28.0 Å². The molecule has 1 atom stereocenters. The number of alkyl halides is 3. The molecule has 2 amide bonds. The van der Waals surface area contributed by atoms with E-state index in [9.17, 15) is 27.2 Å². The monoisotopic (exact) mass is 400 g/mol. The maximum Gasteiger partial charge on any atom is 0.403 e. The number of hydrogen-bond acceptors (Lipinski definition) is 3. The van der Waals surface area contributed by atoms with Crippen LogP contribution in [0.4, 0.5) is 23.2 Å². The van der Waals surface area contributed by atoms with E-state index in [4.69, 9.17) is 4.74 Å². The summed E-state index contributed by atoms with van der Waals surface area (Å²) in [5.41, 5.74) is -2.85. The lowest BCUT2D eigenvalue weighted by Crippen LogP contribution is -2.63. The predicted octanol–water partition coefficient (Wildman–Crippen LogP) is 2.89. The number of ether oxygens (including phenoxy) is 1. The van der Waals surface area contributed by atoms with Gasteiger partial charge in [0, 0.05) is 12.2 Å². The number of carbonyl (C=O) groups is 2. The van der Waals surface area contributed by atoms with Crippen LogP contribution in [0, 0.1) is 11.2 Å². The third-order valence-corrected chi connectivity index (χ3v) is 5.90. The molecule has 0 N–H and O–H groups in total.